The fourth-order valence-electron chi connectivity index (χ4n) is 1.92. The van der Waals surface area contributed by atoms with Gasteiger partial charge >= 0.3 is 0 Å². The van der Waals surface area contributed by atoms with Gasteiger partial charge in [0.15, 0.2) is 0 Å². The molecule has 1 aliphatic heterocycles. The molecule has 0 unspecified atom stereocenters. The molecule has 2 N–H and O–H groups in total. The maximum Gasteiger partial charge on any atom is 0.147 e. The highest BCUT2D eigenvalue weighted by Gasteiger charge is 2.13. The second-order valence-corrected chi connectivity index (χ2v) is 4.22. The number of anilines is 1. The summed E-state index contributed by atoms with van der Waals surface area (Å²) in [6, 6.07) is 0. The molecule has 5 heteroatoms. The fourth-order valence-corrected chi connectivity index (χ4v) is 1.92. The van der Waals surface area contributed by atoms with Gasteiger partial charge < -0.3 is 15.5 Å². The highest BCUT2D eigenvalue weighted by atomic mass is 15.2. The lowest BCUT2D eigenvalue weighted by Gasteiger charge is -2.21. The molecule has 16 heavy (non-hydrogen) atoms. The van der Waals surface area contributed by atoms with E-state index in [2.05, 4.69) is 26.8 Å². The summed E-state index contributed by atoms with van der Waals surface area (Å²) in [5, 5.41) is 0. The van der Waals surface area contributed by atoms with Crippen LogP contribution < -0.4 is 10.6 Å². The van der Waals surface area contributed by atoms with Crippen LogP contribution in [0, 0.1) is 0 Å². The van der Waals surface area contributed by atoms with Gasteiger partial charge in [-0.15, -0.1) is 0 Å². The van der Waals surface area contributed by atoms with Gasteiger partial charge in [0.2, 0.25) is 0 Å². The van der Waals surface area contributed by atoms with Crippen molar-refractivity contribution in [3.63, 3.8) is 0 Å². The Kier molecular flexibility index (Phi) is 3.69. The molecule has 2 rings (SSSR count). The molecule has 2 heterocycles. The van der Waals surface area contributed by atoms with E-state index in [4.69, 9.17) is 5.73 Å². The maximum absolute atomic E-state index is 5.57. The minimum Gasteiger partial charge on any atom is -0.354 e. The molecule has 1 aromatic rings. The average molecular weight is 221 g/mol. The Morgan fingerprint density at radius 3 is 2.94 bits per heavy atom. The van der Waals surface area contributed by atoms with Crippen LogP contribution in [0.25, 0.3) is 0 Å². The number of nitrogens with two attached hydrogens (primary N) is 1. The van der Waals surface area contributed by atoms with E-state index in [9.17, 15) is 0 Å². The summed E-state index contributed by atoms with van der Waals surface area (Å²) in [5.74, 6) is 0.957. The largest absolute Gasteiger partial charge is 0.354 e. The predicted molar refractivity (Wildman–Crippen MR) is 64.3 cm³/mol. The standard InChI is InChI=1S/C11H19N5/c1-15-3-2-4-16(6-5-15)11-9-13-8-10(7-12)14-11/h8-9H,2-7,12H2,1H3. The first kappa shape index (κ1) is 11.3. The normalized spacial score (nSPS) is 18.5. The van der Waals surface area contributed by atoms with Crippen LogP contribution in [0.5, 0.6) is 0 Å². The lowest BCUT2D eigenvalue weighted by Crippen LogP contribution is -2.29. The van der Waals surface area contributed by atoms with E-state index in [0.29, 0.717) is 6.54 Å². The predicted octanol–water partition coefficient (Wildman–Crippen LogP) is 0.0772. The molecule has 0 radical (unpaired) electrons. The number of likely N-dealkylation sites (N-methyl/N-ethyl adjacent to an activating group) is 1. The topological polar surface area (TPSA) is 58.3 Å². The Morgan fingerprint density at radius 1 is 1.25 bits per heavy atom. The highest BCUT2D eigenvalue weighted by Crippen LogP contribution is 2.12. The van der Waals surface area contributed by atoms with Crippen LogP contribution in [0.1, 0.15) is 12.1 Å². The van der Waals surface area contributed by atoms with Gasteiger partial charge in [-0.2, -0.15) is 0 Å². The molecule has 0 atom stereocenters. The zero-order valence-corrected chi connectivity index (χ0v) is 9.76. The Morgan fingerprint density at radius 2 is 2.12 bits per heavy atom. The van der Waals surface area contributed by atoms with Gasteiger partial charge in [0.1, 0.15) is 5.82 Å². The third kappa shape index (κ3) is 2.68. The van der Waals surface area contributed by atoms with Crippen molar-refractivity contribution >= 4 is 5.82 Å². The number of rotatable bonds is 2. The van der Waals surface area contributed by atoms with Gasteiger partial charge in [-0.1, -0.05) is 0 Å². The molecule has 1 aliphatic rings. The molecule has 88 valence electrons. The fraction of sp³-hybridized carbons (Fsp3) is 0.636. The van der Waals surface area contributed by atoms with Crippen molar-refractivity contribution < 1.29 is 0 Å². The first-order valence-corrected chi connectivity index (χ1v) is 5.74. The van der Waals surface area contributed by atoms with E-state index in [1.54, 1.807) is 6.20 Å². The average Bonchev–Trinajstić information content (AvgIpc) is 2.54. The zero-order chi connectivity index (χ0) is 11.4. The van der Waals surface area contributed by atoms with E-state index in [0.717, 1.165) is 37.7 Å². The molecule has 1 fully saturated rings. The molecule has 0 saturated carbocycles. The van der Waals surface area contributed by atoms with Gasteiger partial charge in [0.05, 0.1) is 11.9 Å². The quantitative estimate of drug-likeness (QED) is 0.766. The molecule has 0 aromatic carbocycles. The number of hydrogen-bond donors (Lipinski definition) is 1. The number of aromatic nitrogens is 2. The molecule has 0 bridgehead atoms. The second-order valence-electron chi connectivity index (χ2n) is 4.22. The summed E-state index contributed by atoms with van der Waals surface area (Å²) in [7, 11) is 2.16. The lowest BCUT2D eigenvalue weighted by atomic mass is 10.4. The number of hydrogen-bond acceptors (Lipinski definition) is 5. The summed E-state index contributed by atoms with van der Waals surface area (Å²) in [6.07, 6.45) is 4.73. The molecule has 1 aromatic heterocycles. The van der Waals surface area contributed by atoms with Gasteiger partial charge in [-0.3, -0.25) is 4.98 Å². The molecule has 0 aliphatic carbocycles. The summed E-state index contributed by atoms with van der Waals surface area (Å²) in [5.41, 5.74) is 6.43. The lowest BCUT2D eigenvalue weighted by molar-refractivity contribution is 0.360. The van der Waals surface area contributed by atoms with E-state index in [1.165, 1.54) is 6.42 Å². The first-order chi connectivity index (χ1) is 7.79. The highest BCUT2D eigenvalue weighted by molar-refractivity contribution is 5.36. The van der Waals surface area contributed by atoms with Crippen molar-refractivity contribution in [2.75, 3.05) is 38.1 Å². The molecule has 0 spiro atoms. The van der Waals surface area contributed by atoms with Crippen LogP contribution in [0.4, 0.5) is 5.82 Å². The van der Waals surface area contributed by atoms with Crippen molar-refractivity contribution in [1.82, 2.24) is 14.9 Å². The Bertz CT molecular complexity index is 341. The van der Waals surface area contributed by atoms with Crippen LogP contribution >= 0.6 is 0 Å². The molecule has 5 nitrogen and oxygen atoms in total. The van der Waals surface area contributed by atoms with Crippen molar-refractivity contribution in [2.45, 2.75) is 13.0 Å². The van der Waals surface area contributed by atoms with E-state index >= 15 is 0 Å². The maximum atomic E-state index is 5.57. The summed E-state index contributed by atoms with van der Waals surface area (Å²) in [6.45, 7) is 4.75. The second kappa shape index (κ2) is 5.23. The van der Waals surface area contributed by atoms with Gasteiger partial charge in [-0.05, 0) is 20.0 Å². The first-order valence-electron chi connectivity index (χ1n) is 5.74. The molecule has 0 amide bonds. The van der Waals surface area contributed by atoms with Crippen LogP contribution in [-0.4, -0.2) is 48.1 Å². The summed E-state index contributed by atoms with van der Waals surface area (Å²) >= 11 is 0. The van der Waals surface area contributed by atoms with Gasteiger partial charge in [0, 0.05) is 32.4 Å². The molecule has 1 saturated heterocycles. The van der Waals surface area contributed by atoms with E-state index in [1.807, 2.05) is 6.20 Å². The Hall–Kier alpha value is -1.20. The van der Waals surface area contributed by atoms with Crippen molar-refractivity contribution in [2.24, 2.45) is 5.73 Å². The van der Waals surface area contributed by atoms with Crippen LogP contribution in [-0.2, 0) is 6.54 Å². The van der Waals surface area contributed by atoms with Crippen LogP contribution in [0.3, 0.4) is 0 Å². The third-order valence-electron chi connectivity index (χ3n) is 2.92. The van der Waals surface area contributed by atoms with Crippen LogP contribution in [0.2, 0.25) is 0 Å². The Balaban J connectivity index is 2.10. The third-order valence-corrected chi connectivity index (χ3v) is 2.92. The van der Waals surface area contributed by atoms with E-state index in [-0.39, 0.29) is 0 Å². The van der Waals surface area contributed by atoms with Crippen molar-refractivity contribution in [3.8, 4) is 0 Å². The van der Waals surface area contributed by atoms with Crippen molar-refractivity contribution in [1.29, 1.82) is 0 Å². The van der Waals surface area contributed by atoms with Gasteiger partial charge in [0.25, 0.3) is 0 Å². The van der Waals surface area contributed by atoms with Crippen molar-refractivity contribution in [3.05, 3.63) is 18.1 Å². The Labute approximate surface area is 96.3 Å². The smallest absolute Gasteiger partial charge is 0.147 e. The minimum atomic E-state index is 0.453. The molecular weight excluding hydrogens is 202 g/mol. The van der Waals surface area contributed by atoms with E-state index < -0.39 is 0 Å². The minimum absolute atomic E-state index is 0.453. The molecular formula is C11H19N5. The van der Waals surface area contributed by atoms with Gasteiger partial charge in [-0.25, -0.2) is 4.98 Å². The number of nitrogens with zero attached hydrogens (tertiary/aromatic N) is 4. The zero-order valence-electron chi connectivity index (χ0n) is 9.76. The summed E-state index contributed by atoms with van der Waals surface area (Å²) < 4.78 is 0. The summed E-state index contributed by atoms with van der Waals surface area (Å²) in [4.78, 5) is 13.3. The SMILES string of the molecule is CN1CCCN(c2cncc(CN)n2)CC1. The van der Waals surface area contributed by atoms with Crippen LogP contribution in [0.15, 0.2) is 12.4 Å². The monoisotopic (exact) mass is 221 g/mol.